The summed E-state index contributed by atoms with van der Waals surface area (Å²) in [5.74, 6) is 2.19. The van der Waals surface area contributed by atoms with Crippen molar-refractivity contribution < 1.29 is 14.6 Å². The lowest BCUT2D eigenvalue weighted by Gasteiger charge is -2.58. The van der Waals surface area contributed by atoms with Crippen molar-refractivity contribution in [1.82, 2.24) is 15.1 Å². The lowest BCUT2D eigenvalue weighted by molar-refractivity contribution is -0.136. The zero-order valence-electron chi connectivity index (χ0n) is 18.0. The first-order valence-corrected chi connectivity index (χ1v) is 11.1. The lowest BCUT2D eigenvalue weighted by atomic mass is 9.52. The number of aliphatic hydroxyl groups is 1. The highest BCUT2D eigenvalue weighted by Crippen LogP contribution is 2.55. The van der Waals surface area contributed by atoms with E-state index in [4.69, 9.17) is 4.74 Å². The maximum atomic E-state index is 13.4. The van der Waals surface area contributed by atoms with Crippen molar-refractivity contribution in [1.29, 1.82) is 0 Å². The van der Waals surface area contributed by atoms with E-state index in [0.717, 1.165) is 49.2 Å². The molecular weight excluding hydrogens is 378 g/mol. The Morgan fingerprint density at radius 2 is 1.93 bits per heavy atom. The van der Waals surface area contributed by atoms with Gasteiger partial charge in [-0.2, -0.15) is 5.10 Å². The van der Waals surface area contributed by atoms with Gasteiger partial charge in [0.05, 0.1) is 30.2 Å². The van der Waals surface area contributed by atoms with Crippen molar-refractivity contribution in [3.8, 4) is 11.4 Å². The topological polar surface area (TPSA) is 76.4 Å². The minimum absolute atomic E-state index is 0.0516. The zero-order valence-corrected chi connectivity index (χ0v) is 18.0. The molecule has 6 nitrogen and oxygen atoms in total. The van der Waals surface area contributed by atoms with Crippen LogP contribution in [0.5, 0.6) is 5.75 Å². The Morgan fingerprint density at radius 1 is 1.23 bits per heavy atom. The van der Waals surface area contributed by atoms with Crippen LogP contribution in [-0.2, 0) is 0 Å². The molecule has 4 saturated carbocycles. The lowest BCUT2D eigenvalue weighted by Crippen LogP contribution is -2.61. The van der Waals surface area contributed by atoms with E-state index < -0.39 is 5.60 Å². The molecule has 6 heteroatoms. The molecule has 30 heavy (non-hydrogen) atoms. The third kappa shape index (κ3) is 3.13. The van der Waals surface area contributed by atoms with Gasteiger partial charge in [0.2, 0.25) is 0 Å². The number of ether oxygens (including phenoxy) is 1. The molecule has 1 aromatic carbocycles. The van der Waals surface area contributed by atoms with E-state index in [1.807, 2.05) is 28.9 Å². The monoisotopic (exact) mass is 409 g/mol. The van der Waals surface area contributed by atoms with E-state index >= 15 is 0 Å². The summed E-state index contributed by atoms with van der Waals surface area (Å²) < 4.78 is 7.35. The predicted octanol–water partition coefficient (Wildman–Crippen LogP) is 3.67. The summed E-state index contributed by atoms with van der Waals surface area (Å²) in [6.07, 6.45) is 6.53. The molecule has 2 N–H and O–H groups in total. The number of methoxy groups -OCH3 is 1. The molecule has 4 aliphatic carbocycles. The zero-order chi connectivity index (χ0) is 21.0. The van der Waals surface area contributed by atoms with Gasteiger partial charge in [-0.3, -0.25) is 4.79 Å². The van der Waals surface area contributed by atoms with Crippen molar-refractivity contribution in [2.75, 3.05) is 7.11 Å². The number of aromatic nitrogens is 2. The molecular formula is C24H31N3O3. The average molecular weight is 410 g/mol. The fraction of sp³-hybridized carbons (Fsp3) is 0.583. The first-order valence-electron chi connectivity index (χ1n) is 11.1. The van der Waals surface area contributed by atoms with Gasteiger partial charge in [0.25, 0.3) is 5.91 Å². The average Bonchev–Trinajstić information content (AvgIpc) is 3.14. The van der Waals surface area contributed by atoms with Gasteiger partial charge in [-0.1, -0.05) is 26.0 Å². The van der Waals surface area contributed by atoms with Gasteiger partial charge in [0.1, 0.15) is 11.4 Å². The number of benzene rings is 1. The second-order valence-electron chi connectivity index (χ2n) is 9.88. The Bertz CT molecular complexity index is 950. The molecule has 2 aromatic rings. The number of nitrogens with zero attached hydrogens (tertiary/aromatic N) is 2. The normalized spacial score (nSPS) is 31.9. The number of carbonyl (C=O) groups is 1. The predicted molar refractivity (Wildman–Crippen MR) is 114 cm³/mol. The SMILES string of the molecule is COc1ccccc1-n1ncc(C(=O)NC2C3CC4CC2CC(O)(C4)C3)c1C(C)C. The Kier molecular flexibility index (Phi) is 4.65. The van der Waals surface area contributed by atoms with Crippen LogP contribution in [-0.4, -0.2) is 39.5 Å². The van der Waals surface area contributed by atoms with E-state index in [1.165, 1.54) is 0 Å². The van der Waals surface area contributed by atoms with Gasteiger partial charge >= 0.3 is 0 Å². The highest BCUT2D eigenvalue weighted by Gasteiger charge is 2.55. The maximum Gasteiger partial charge on any atom is 0.255 e. The highest BCUT2D eigenvalue weighted by molar-refractivity contribution is 5.95. The summed E-state index contributed by atoms with van der Waals surface area (Å²) in [6, 6.07) is 7.89. The summed E-state index contributed by atoms with van der Waals surface area (Å²) in [7, 11) is 1.64. The molecule has 2 unspecified atom stereocenters. The molecule has 6 rings (SSSR count). The van der Waals surface area contributed by atoms with E-state index in [2.05, 4.69) is 24.3 Å². The molecule has 0 spiro atoms. The molecule has 1 amide bonds. The van der Waals surface area contributed by atoms with Crippen LogP contribution in [0, 0.1) is 17.8 Å². The quantitative estimate of drug-likeness (QED) is 0.790. The fourth-order valence-corrected chi connectivity index (χ4v) is 6.53. The van der Waals surface area contributed by atoms with Crippen molar-refractivity contribution in [3.05, 3.63) is 41.7 Å². The van der Waals surface area contributed by atoms with Crippen LogP contribution in [0.3, 0.4) is 0 Å². The number of hydrogen-bond donors (Lipinski definition) is 2. The first kappa shape index (κ1) is 19.6. The van der Waals surface area contributed by atoms with Gasteiger partial charge in [-0.25, -0.2) is 4.68 Å². The van der Waals surface area contributed by atoms with Crippen molar-refractivity contribution >= 4 is 5.91 Å². The first-order chi connectivity index (χ1) is 14.4. The number of para-hydroxylation sites is 2. The van der Waals surface area contributed by atoms with E-state index in [9.17, 15) is 9.90 Å². The minimum Gasteiger partial charge on any atom is -0.494 e. The number of carbonyl (C=O) groups excluding carboxylic acids is 1. The number of rotatable bonds is 5. The van der Waals surface area contributed by atoms with Gasteiger partial charge in [0, 0.05) is 6.04 Å². The standard InChI is InChI=1S/C24H31N3O3/c1-14(2)22-18(13-25-27(22)19-6-4-5-7-20(19)30-3)23(28)26-21-16-8-15-9-17(21)12-24(29,10-15)11-16/h4-7,13-17,21,29H,8-12H2,1-3H3,(H,26,28). The molecule has 160 valence electrons. The third-order valence-corrected chi connectivity index (χ3v) is 7.45. The Morgan fingerprint density at radius 3 is 2.57 bits per heavy atom. The molecule has 4 fully saturated rings. The van der Waals surface area contributed by atoms with Crippen LogP contribution < -0.4 is 10.1 Å². The molecule has 4 aliphatic rings. The molecule has 0 saturated heterocycles. The van der Waals surface area contributed by atoms with Crippen LogP contribution in [0.4, 0.5) is 0 Å². The Balaban J connectivity index is 1.44. The van der Waals surface area contributed by atoms with E-state index in [1.54, 1.807) is 13.3 Å². The molecule has 4 bridgehead atoms. The molecule has 0 aliphatic heterocycles. The second kappa shape index (κ2) is 7.12. The van der Waals surface area contributed by atoms with E-state index in [0.29, 0.717) is 23.3 Å². The molecule has 2 atom stereocenters. The summed E-state index contributed by atoms with van der Waals surface area (Å²) in [4.78, 5) is 13.4. The maximum absolute atomic E-state index is 13.4. The Labute approximate surface area is 177 Å². The molecule has 0 radical (unpaired) electrons. The Hall–Kier alpha value is -2.34. The summed E-state index contributed by atoms with van der Waals surface area (Å²) in [6.45, 7) is 4.16. The number of hydrogen-bond acceptors (Lipinski definition) is 4. The van der Waals surface area contributed by atoms with Crippen molar-refractivity contribution in [2.24, 2.45) is 17.8 Å². The fourth-order valence-electron chi connectivity index (χ4n) is 6.53. The summed E-state index contributed by atoms with van der Waals surface area (Å²) >= 11 is 0. The van der Waals surface area contributed by atoms with Crippen LogP contribution in [0.15, 0.2) is 30.5 Å². The molecule has 1 heterocycles. The van der Waals surface area contributed by atoms with Gasteiger partial charge in [0.15, 0.2) is 0 Å². The van der Waals surface area contributed by atoms with E-state index in [-0.39, 0.29) is 17.9 Å². The largest absolute Gasteiger partial charge is 0.494 e. The third-order valence-electron chi connectivity index (χ3n) is 7.45. The summed E-state index contributed by atoms with van der Waals surface area (Å²) in [5, 5.41) is 18.7. The number of nitrogens with one attached hydrogen (secondary N) is 1. The number of amides is 1. The second-order valence-corrected chi connectivity index (χ2v) is 9.88. The van der Waals surface area contributed by atoms with Crippen LogP contribution in [0.25, 0.3) is 5.69 Å². The van der Waals surface area contributed by atoms with Crippen LogP contribution >= 0.6 is 0 Å². The molecule has 1 aromatic heterocycles. The highest BCUT2D eigenvalue weighted by atomic mass is 16.5. The van der Waals surface area contributed by atoms with Gasteiger partial charge in [-0.15, -0.1) is 0 Å². The van der Waals surface area contributed by atoms with Crippen molar-refractivity contribution in [3.63, 3.8) is 0 Å². The van der Waals surface area contributed by atoms with Crippen molar-refractivity contribution in [2.45, 2.75) is 63.5 Å². The van der Waals surface area contributed by atoms with Crippen LogP contribution in [0.2, 0.25) is 0 Å². The smallest absolute Gasteiger partial charge is 0.255 e. The van der Waals surface area contributed by atoms with Gasteiger partial charge in [-0.05, 0) is 67.9 Å². The van der Waals surface area contributed by atoms with Crippen LogP contribution in [0.1, 0.15) is 67.9 Å². The van der Waals surface area contributed by atoms with Gasteiger partial charge < -0.3 is 15.2 Å². The summed E-state index contributed by atoms with van der Waals surface area (Å²) in [5.41, 5.74) is 1.86. The minimum atomic E-state index is -0.491.